The van der Waals surface area contributed by atoms with Crippen molar-refractivity contribution >= 4 is 29.4 Å². The van der Waals surface area contributed by atoms with Crippen LogP contribution in [0.4, 0.5) is 10.2 Å². The Bertz CT molecular complexity index is 1470. The van der Waals surface area contributed by atoms with Crippen LogP contribution in [-0.2, 0) is 9.59 Å². The first-order chi connectivity index (χ1) is 18.9. The highest BCUT2D eigenvalue weighted by Gasteiger charge is 2.37. The van der Waals surface area contributed by atoms with Crippen LogP contribution in [0.2, 0.25) is 0 Å². The van der Waals surface area contributed by atoms with Gasteiger partial charge in [0.15, 0.2) is 0 Å². The summed E-state index contributed by atoms with van der Waals surface area (Å²) in [5.74, 6) is 0.532. The van der Waals surface area contributed by atoms with E-state index < -0.39 is 0 Å². The van der Waals surface area contributed by atoms with Crippen molar-refractivity contribution in [3.05, 3.63) is 95.8 Å². The standard InChI is InChI=1S/C30H29FN4O3S/c1-19(2)32-25(36)17-34-26(37)18-39-29(21-9-11-22(31)12-10-21)27-28(20-7-5-4-6-8-20)33-35(30(27)34)23-13-15-24(38-3)16-14-23/h4-16,19,29H,17-18H2,1-3H3,(H,32,36)/t29-/m0/s1. The number of thioether (sulfide) groups is 1. The second-order valence-corrected chi connectivity index (χ2v) is 10.6. The van der Waals surface area contributed by atoms with Crippen molar-refractivity contribution in [2.75, 3.05) is 24.3 Å². The summed E-state index contributed by atoms with van der Waals surface area (Å²) in [6.07, 6.45) is 0. The molecule has 1 aliphatic heterocycles. The Morgan fingerprint density at radius 1 is 1.08 bits per heavy atom. The molecule has 0 saturated heterocycles. The molecule has 0 spiro atoms. The summed E-state index contributed by atoms with van der Waals surface area (Å²) < 4.78 is 21.0. The number of halogens is 1. The van der Waals surface area contributed by atoms with E-state index in [1.54, 1.807) is 23.9 Å². The van der Waals surface area contributed by atoms with E-state index in [2.05, 4.69) is 5.32 Å². The van der Waals surface area contributed by atoms with Gasteiger partial charge in [0.2, 0.25) is 11.8 Å². The van der Waals surface area contributed by atoms with E-state index in [4.69, 9.17) is 9.84 Å². The van der Waals surface area contributed by atoms with Crippen molar-refractivity contribution in [1.82, 2.24) is 15.1 Å². The predicted octanol–water partition coefficient (Wildman–Crippen LogP) is 5.38. The molecule has 0 fully saturated rings. The van der Waals surface area contributed by atoms with Crippen LogP contribution in [0.1, 0.15) is 30.2 Å². The SMILES string of the molecule is COc1ccc(-n2nc(-c3ccccc3)c3c2N(CC(=O)NC(C)C)C(=O)CS[C@H]3c2ccc(F)cc2)cc1. The molecule has 0 bridgehead atoms. The summed E-state index contributed by atoms with van der Waals surface area (Å²) in [4.78, 5) is 28.2. The van der Waals surface area contributed by atoms with Crippen molar-refractivity contribution in [1.29, 1.82) is 0 Å². The van der Waals surface area contributed by atoms with Gasteiger partial charge in [-0.25, -0.2) is 9.07 Å². The van der Waals surface area contributed by atoms with Crippen LogP contribution in [0.25, 0.3) is 16.9 Å². The predicted molar refractivity (Wildman–Crippen MR) is 152 cm³/mol. The van der Waals surface area contributed by atoms with E-state index >= 15 is 0 Å². The Morgan fingerprint density at radius 3 is 2.41 bits per heavy atom. The average Bonchev–Trinajstić information content (AvgIpc) is 3.26. The quantitative estimate of drug-likeness (QED) is 0.338. The van der Waals surface area contributed by atoms with Gasteiger partial charge in [0.25, 0.3) is 0 Å². The maximum absolute atomic E-state index is 13.9. The van der Waals surface area contributed by atoms with Gasteiger partial charge >= 0.3 is 0 Å². The number of nitrogens with one attached hydrogen (secondary N) is 1. The molecule has 39 heavy (non-hydrogen) atoms. The molecule has 2 amide bonds. The molecule has 7 nitrogen and oxygen atoms in total. The van der Waals surface area contributed by atoms with E-state index in [0.29, 0.717) is 22.9 Å². The highest BCUT2D eigenvalue weighted by Crippen LogP contribution is 2.48. The van der Waals surface area contributed by atoms with Gasteiger partial charge in [0.1, 0.15) is 23.9 Å². The van der Waals surface area contributed by atoms with Crippen molar-refractivity contribution < 1.29 is 18.7 Å². The number of ether oxygens (including phenoxy) is 1. The van der Waals surface area contributed by atoms with E-state index in [1.165, 1.54) is 28.8 Å². The number of hydrogen-bond donors (Lipinski definition) is 1. The largest absolute Gasteiger partial charge is 0.497 e. The third-order valence-electron chi connectivity index (χ3n) is 6.38. The number of amides is 2. The molecule has 0 aliphatic carbocycles. The van der Waals surface area contributed by atoms with Crippen LogP contribution >= 0.6 is 11.8 Å². The number of hydrogen-bond acceptors (Lipinski definition) is 5. The molecule has 0 saturated carbocycles. The van der Waals surface area contributed by atoms with Crippen molar-refractivity contribution in [3.63, 3.8) is 0 Å². The fourth-order valence-corrected chi connectivity index (χ4v) is 5.84. The van der Waals surface area contributed by atoms with Crippen LogP contribution in [0.5, 0.6) is 5.75 Å². The highest BCUT2D eigenvalue weighted by molar-refractivity contribution is 8.00. The van der Waals surface area contributed by atoms with Crippen molar-refractivity contribution in [3.8, 4) is 22.7 Å². The molecule has 1 N–H and O–H groups in total. The van der Waals surface area contributed by atoms with Crippen LogP contribution in [0.15, 0.2) is 78.9 Å². The highest BCUT2D eigenvalue weighted by atomic mass is 32.2. The molecule has 200 valence electrons. The van der Waals surface area contributed by atoms with Crippen LogP contribution < -0.4 is 15.0 Å². The van der Waals surface area contributed by atoms with E-state index in [-0.39, 0.29) is 41.2 Å². The Kier molecular flexibility index (Phi) is 7.70. The number of nitrogens with zero attached hydrogens (tertiary/aromatic N) is 3. The molecule has 0 radical (unpaired) electrons. The maximum Gasteiger partial charge on any atom is 0.240 e. The monoisotopic (exact) mass is 544 g/mol. The van der Waals surface area contributed by atoms with Gasteiger partial charge in [0, 0.05) is 17.2 Å². The lowest BCUT2D eigenvalue weighted by molar-refractivity contribution is -0.123. The number of carbonyl (C=O) groups excluding carboxylic acids is 2. The first-order valence-electron chi connectivity index (χ1n) is 12.6. The zero-order chi connectivity index (χ0) is 27.5. The van der Waals surface area contributed by atoms with Crippen molar-refractivity contribution in [2.24, 2.45) is 0 Å². The van der Waals surface area contributed by atoms with E-state index in [9.17, 15) is 14.0 Å². The summed E-state index contributed by atoms with van der Waals surface area (Å²) >= 11 is 1.44. The smallest absolute Gasteiger partial charge is 0.240 e. The number of carbonyl (C=O) groups is 2. The Balaban J connectivity index is 1.78. The van der Waals surface area contributed by atoms with E-state index in [0.717, 1.165) is 16.7 Å². The average molecular weight is 545 g/mol. The lowest BCUT2D eigenvalue weighted by atomic mass is 9.99. The number of anilines is 1. The van der Waals surface area contributed by atoms with Gasteiger partial charge in [-0.05, 0) is 55.8 Å². The third-order valence-corrected chi connectivity index (χ3v) is 7.63. The second kappa shape index (κ2) is 11.3. The fourth-order valence-electron chi connectivity index (χ4n) is 4.64. The van der Waals surface area contributed by atoms with Gasteiger partial charge in [0.05, 0.1) is 29.5 Å². The van der Waals surface area contributed by atoms with Gasteiger partial charge in [-0.3, -0.25) is 14.5 Å². The normalized spacial score (nSPS) is 15.2. The van der Waals surface area contributed by atoms with Crippen LogP contribution in [0, 0.1) is 5.82 Å². The summed E-state index contributed by atoms with van der Waals surface area (Å²) in [6.45, 7) is 3.60. The summed E-state index contributed by atoms with van der Waals surface area (Å²) in [5.41, 5.74) is 3.90. The Morgan fingerprint density at radius 2 is 1.77 bits per heavy atom. The maximum atomic E-state index is 13.9. The molecule has 1 aliphatic rings. The number of methoxy groups -OCH3 is 1. The van der Waals surface area contributed by atoms with E-state index in [1.807, 2.05) is 68.4 Å². The summed E-state index contributed by atoms with van der Waals surface area (Å²) in [6, 6.07) is 23.4. The summed E-state index contributed by atoms with van der Waals surface area (Å²) in [7, 11) is 1.60. The minimum Gasteiger partial charge on any atom is -0.497 e. The first-order valence-corrected chi connectivity index (χ1v) is 13.7. The molecule has 1 atom stereocenters. The lowest BCUT2D eigenvalue weighted by Crippen LogP contribution is -2.44. The Hall–Kier alpha value is -4.11. The molecule has 3 aromatic carbocycles. The first kappa shape index (κ1) is 26.5. The molecule has 4 aromatic rings. The number of aromatic nitrogens is 2. The van der Waals surface area contributed by atoms with Gasteiger partial charge < -0.3 is 10.1 Å². The van der Waals surface area contributed by atoms with Crippen LogP contribution in [-0.4, -0.2) is 47.0 Å². The van der Waals surface area contributed by atoms with Crippen LogP contribution in [0.3, 0.4) is 0 Å². The number of benzene rings is 3. The Labute approximate surface area is 231 Å². The zero-order valence-corrected chi connectivity index (χ0v) is 22.7. The lowest BCUT2D eigenvalue weighted by Gasteiger charge is -2.23. The third kappa shape index (κ3) is 5.54. The molecule has 5 rings (SSSR count). The number of rotatable bonds is 7. The second-order valence-electron chi connectivity index (χ2n) is 9.51. The summed E-state index contributed by atoms with van der Waals surface area (Å²) in [5, 5.41) is 7.61. The topological polar surface area (TPSA) is 76.5 Å². The molecular weight excluding hydrogens is 515 g/mol. The number of fused-ring (bicyclic) bond motifs is 1. The molecule has 0 unspecified atom stereocenters. The molecular formula is C30H29FN4O3S. The van der Waals surface area contributed by atoms with Gasteiger partial charge in [-0.1, -0.05) is 42.5 Å². The molecule has 2 heterocycles. The van der Waals surface area contributed by atoms with Gasteiger partial charge in [-0.15, -0.1) is 11.8 Å². The van der Waals surface area contributed by atoms with Crippen molar-refractivity contribution in [2.45, 2.75) is 25.1 Å². The minimum atomic E-state index is -0.335. The zero-order valence-electron chi connectivity index (χ0n) is 21.9. The van der Waals surface area contributed by atoms with Gasteiger partial charge in [-0.2, -0.15) is 5.10 Å². The molecule has 9 heteroatoms. The fraction of sp³-hybridized carbons (Fsp3) is 0.233. The molecule has 1 aromatic heterocycles. The minimum absolute atomic E-state index is 0.0771.